The minimum atomic E-state index is -1.82. The molecule has 1 fully saturated rings. The number of rotatable bonds is 7. The minimum absolute atomic E-state index is 0.778. The van der Waals surface area contributed by atoms with Crippen LogP contribution in [0.4, 0.5) is 0 Å². The molecule has 0 bridgehead atoms. The van der Waals surface area contributed by atoms with Crippen LogP contribution in [0.2, 0.25) is 0 Å². The standard InChI is InChI=1S/C20H25BrN2O.C2H2O4/c21-19-8-4-9-20(16-19)24-15-5-10-22-11-13-23(14-12-22)17-18-6-2-1-3-7-18;3-1(4)2(5)6/h1-4,6-9,16H,5,10-15,17H2;(H,3,4)(H,5,6). The van der Waals surface area contributed by atoms with Gasteiger partial charge in [0.25, 0.3) is 0 Å². The van der Waals surface area contributed by atoms with Crippen LogP contribution >= 0.6 is 15.9 Å². The number of hydrogen-bond acceptors (Lipinski definition) is 5. The van der Waals surface area contributed by atoms with Crippen molar-refractivity contribution in [1.29, 1.82) is 0 Å². The van der Waals surface area contributed by atoms with E-state index >= 15 is 0 Å². The Hall–Kier alpha value is -2.42. The second-order valence-corrected chi connectivity index (χ2v) is 7.79. The van der Waals surface area contributed by atoms with Gasteiger partial charge in [0.1, 0.15) is 5.75 Å². The third-order valence-electron chi connectivity index (χ3n) is 4.58. The maximum Gasteiger partial charge on any atom is 0.414 e. The first-order chi connectivity index (χ1) is 14.4. The molecule has 0 atom stereocenters. The average Bonchev–Trinajstić information content (AvgIpc) is 2.74. The third-order valence-corrected chi connectivity index (χ3v) is 5.07. The van der Waals surface area contributed by atoms with Crippen molar-refractivity contribution < 1.29 is 24.5 Å². The van der Waals surface area contributed by atoms with Gasteiger partial charge in [-0.3, -0.25) is 4.90 Å². The maximum absolute atomic E-state index is 9.10. The number of carbonyl (C=O) groups is 2. The number of hydrogen-bond donors (Lipinski definition) is 2. The lowest BCUT2D eigenvalue weighted by Crippen LogP contribution is -2.46. The van der Waals surface area contributed by atoms with Gasteiger partial charge in [0.2, 0.25) is 0 Å². The second kappa shape index (κ2) is 13.0. The first kappa shape index (κ1) is 23.9. The van der Waals surface area contributed by atoms with E-state index in [4.69, 9.17) is 24.5 Å². The van der Waals surface area contributed by atoms with Crippen molar-refractivity contribution in [3.63, 3.8) is 0 Å². The van der Waals surface area contributed by atoms with E-state index in [0.717, 1.165) is 62.5 Å². The number of halogens is 1. The molecule has 1 aliphatic heterocycles. The lowest BCUT2D eigenvalue weighted by Gasteiger charge is -2.34. The summed E-state index contributed by atoms with van der Waals surface area (Å²) in [5.74, 6) is -2.71. The highest BCUT2D eigenvalue weighted by Gasteiger charge is 2.16. The molecule has 0 aliphatic carbocycles. The van der Waals surface area contributed by atoms with Crippen LogP contribution in [0.3, 0.4) is 0 Å². The molecule has 7 nitrogen and oxygen atoms in total. The van der Waals surface area contributed by atoms with Gasteiger partial charge in [-0.1, -0.05) is 52.3 Å². The van der Waals surface area contributed by atoms with Crippen LogP contribution in [0, 0.1) is 0 Å². The van der Waals surface area contributed by atoms with E-state index in [1.165, 1.54) is 5.56 Å². The Bertz CT molecular complexity index is 783. The smallest absolute Gasteiger partial charge is 0.414 e. The predicted octanol–water partition coefficient (Wildman–Crippen LogP) is 3.19. The van der Waals surface area contributed by atoms with E-state index in [-0.39, 0.29) is 0 Å². The quantitative estimate of drug-likeness (QED) is 0.466. The predicted molar refractivity (Wildman–Crippen MR) is 118 cm³/mol. The molecule has 1 heterocycles. The molecule has 30 heavy (non-hydrogen) atoms. The maximum atomic E-state index is 9.10. The Morgan fingerprint density at radius 3 is 2.13 bits per heavy atom. The van der Waals surface area contributed by atoms with E-state index in [0.29, 0.717) is 0 Å². The SMILES string of the molecule is Brc1cccc(OCCCN2CCN(Cc3ccccc3)CC2)c1.O=C(O)C(=O)O. The molecule has 8 heteroatoms. The Labute approximate surface area is 185 Å². The molecule has 3 rings (SSSR count). The second-order valence-electron chi connectivity index (χ2n) is 6.87. The highest BCUT2D eigenvalue weighted by molar-refractivity contribution is 9.10. The number of aliphatic carboxylic acids is 2. The minimum Gasteiger partial charge on any atom is -0.494 e. The largest absolute Gasteiger partial charge is 0.494 e. The Balaban J connectivity index is 0.000000469. The summed E-state index contributed by atoms with van der Waals surface area (Å²) in [7, 11) is 0. The number of ether oxygens (including phenoxy) is 1. The summed E-state index contributed by atoms with van der Waals surface area (Å²) in [5.41, 5.74) is 1.41. The van der Waals surface area contributed by atoms with Crippen molar-refractivity contribution in [3.8, 4) is 5.75 Å². The Morgan fingerprint density at radius 2 is 1.53 bits per heavy atom. The summed E-state index contributed by atoms with van der Waals surface area (Å²) in [6.07, 6.45) is 1.07. The number of carboxylic acids is 2. The molecule has 162 valence electrons. The molecular formula is C22H27BrN2O5. The summed E-state index contributed by atoms with van der Waals surface area (Å²) < 4.78 is 6.88. The van der Waals surface area contributed by atoms with E-state index in [2.05, 4.69) is 56.1 Å². The molecule has 0 unspecified atom stereocenters. The fourth-order valence-electron chi connectivity index (χ4n) is 3.05. The first-order valence-corrected chi connectivity index (χ1v) is 10.6. The normalized spacial score (nSPS) is 14.4. The Morgan fingerprint density at radius 1 is 0.900 bits per heavy atom. The van der Waals surface area contributed by atoms with Gasteiger partial charge in [-0.15, -0.1) is 0 Å². The van der Waals surface area contributed by atoms with Crippen LogP contribution in [0.1, 0.15) is 12.0 Å². The average molecular weight is 479 g/mol. The molecule has 0 radical (unpaired) electrons. The summed E-state index contributed by atoms with van der Waals surface area (Å²) in [5, 5.41) is 14.8. The van der Waals surface area contributed by atoms with Gasteiger partial charge in [-0.05, 0) is 30.2 Å². The van der Waals surface area contributed by atoms with Gasteiger partial charge >= 0.3 is 11.9 Å². The van der Waals surface area contributed by atoms with Crippen molar-refractivity contribution in [2.45, 2.75) is 13.0 Å². The lowest BCUT2D eigenvalue weighted by molar-refractivity contribution is -0.159. The van der Waals surface area contributed by atoms with Gasteiger partial charge in [0.05, 0.1) is 6.61 Å². The molecule has 2 aromatic carbocycles. The summed E-state index contributed by atoms with van der Waals surface area (Å²) in [4.78, 5) is 23.3. The fraction of sp³-hybridized carbons (Fsp3) is 0.364. The zero-order valence-electron chi connectivity index (χ0n) is 16.7. The number of carboxylic acid groups (broad SMARTS) is 2. The number of nitrogens with zero attached hydrogens (tertiary/aromatic N) is 2. The van der Waals surface area contributed by atoms with E-state index in [1.807, 2.05) is 24.3 Å². The molecule has 2 N–H and O–H groups in total. The topological polar surface area (TPSA) is 90.3 Å². The lowest BCUT2D eigenvalue weighted by atomic mass is 10.2. The first-order valence-electron chi connectivity index (χ1n) is 9.77. The third kappa shape index (κ3) is 9.39. The number of benzene rings is 2. The molecular weight excluding hydrogens is 452 g/mol. The van der Waals surface area contributed by atoms with Crippen LogP contribution in [0.5, 0.6) is 5.75 Å². The highest BCUT2D eigenvalue weighted by Crippen LogP contribution is 2.18. The molecule has 0 saturated carbocycles. The van der Waals surface area contributed by atoms with Gasteiger partial charge in [0.15, 0.2) is 0 Å². The molecule has 1 aliphatic rings. The summed E-state index contributed by atoms with van der Waals surface area (Å²) in [6.45, 7) is 7.59. The summed E-state index contributed by atoms with van der Waals surface area (Å²) in [6, 6.07) is 18.8. The van der Waals surface area contributed by atoms with Gasteiger partial charge in [-0.2, -0.15) is 0 Å². The van der Waals surface area contributed by atoms with Crippen LogP contribution in [-0.4, -0.2) is 71.3 Å². The van der Waals surface area contributed by atoms with Gasteiger partial charge in [-0.25, -0.2) is 9.59 Å². The van der Waals surface area contributed by atoms with Crippen LogP contribution in [0.15, 0.2) is 59.1 Å². The zero-order valence-corrected chi connectivity index (χ0v) is 18.3. The van der Waals surface area contributed by atoms with Crippen molar-refractivity contribution in [2.24, 2.45) is 0 Å². The van der Waals surface area contributed by atoms with E-state index in [9.17, 15) is 0 Å². The van der Waals surface area contributed by atoms with Crippen LogP contribution < -0.4 is 4.74 Å². The van der Waals surface area contributed by atoms with Crippen LogP contribution in [0.25, 0.3) is 0 Å². The molecule has 0 aromatic heterocycles. The van der Waals surface area contributed by atoms with Crippen molar-refractivity contribution in [2.75, 3.05) is 39.3 Å². The zero-order chi connectivity index (χ0) is 21.8. The van der Waals surface area contributed by atoms with Gasteiger partial charge in [0, 0.05) is 43.7 Å². The summed E-state index contributed by atoms with van der Waals surface area (Å²) >= 11 is 3.47. The Kier molecular flexibility index (Phi) is 10.3. The molecule has 0 amide bonds. The van der Waals surface area contributed by atoms with Gasteiger partial charge < -0.3 is 19.8 Å². The van der Waals surface area contributed by atoms with E-state index in [1.54, 1.807) is 0 Å². The molecule has 2 aromatic rings. The fourth-order valence-corrected chi connectivity index (χ4v) is 3.43. The highest BCUT2D eigenvalue weighted by atomic mass is 79.9. The number of piperazine rings is 1. The molecule has 1 saturated heterocycles. The van der Waals surface area contributed by atoms with E-state index < -0.39 is 11.9 Å². The van der Waals surface area contributed by atoms with Crippen LogP contribution in [-0.2, 0) is 16.1 Å². The van der Waals surface area contributed by atoms with Crippen molar-refractivity contribution in [1.82, 2.24) is 9.80 Å². The van der Waals surface area contributed by atoms with Crippen molar-refractivity contribution in [3.05, 3.63) is 64.6 Å². The van der Waals surface area contributed by atoms with Crippen molar-refractivity contribution >= 4 is 27.9 Å². The molecule has 0 spiro atoms. The monoisotopic (exact) mass is 478 g/mol.